The van der Waals surface area contributed by atoms with Gasteiger partial charge in [-0.15, -0.1) is 11.3 Å². The number of carbonyl (C=O) groups is 2. The van der Waals surface area contributed by atoms with Gasteiger partial charge in [-0.3, -0.25) is 14.5 Å². The summed E-state index contributed by atoms with van der Waals surface area (Å²) < 4.78 is 5.29. The molecule has 3 aromatic rings. The van der Waals surface area contributed by atoms with E-state index in [9.17, 15) is 9.59 Å². The van der Waals surface area contributed by atoms with E-state index in [0.717, 1.165) is 30.6 Å². The highest BCUT2D eigenvalue weighted by atomic mass is 35.5. The lowest BCUT2D eigenvalue weighted by molar-refractivity contribution is -0.127. The molecule has 1 atom stereocenters. The Morgan fingerprint density at radius 2 is 1.82 bits per heavy atom. The van der Waals surface area contributed by atoms with Crippen LogP contribution in [0.4, 0.5) is 5.69 Å². The molecule has 5 nitrogen and oxygen atoms in total. The van der Waals surface area contributed by atoms with Gasteiger partial charge in [0.1, 0.15) is 11.8 Å². The van der Waals surface area contributed by atoms with Crippen LogP contribution >= 0.6 is 22.9 Å². The minimum atomic E-state index is -0.889. The standard InChI is InChI=1S/C26H27ClN2O3S/c1-32-20-14-12-19(13-15-20)29(24(30)17-21-9-6-16-33-21)25(22-10-4-5-11-23(22)27)26(31)28-18-7-2-3-8-18/h4-6,9-16,18,25H,2-3,7-8,17H2,1H3,(H,28,31)/t25-/m1/s1. The van der Waals surface area contributed by atoms with Crippen LogP contribution in [-0.4, -0.2) is 25.0 Å². The molecule has 1 aliphatic carbocycles. The summed E-state index contributed by atoms with van der Waals surface area (Å²) in [5.74, 6) is 0.286. The van der Waals surface area contributed by atoms with Crippen LogP contribution in [0.25, 0.3) is 0 Å². The second kappa shape index (κ2) is 10.9. The van der Waals surface area contributed by atoms with Crippen molar-refractivity contribution in [1.29, 1.82) is 0 Å². The summed E-state index contributed by atoms with van der Waals surface area (Å²) in [7, 11) is 1.59. The minimum Gasteiger partial charge on any atom is -0.497 e. The molecule has 0 radical (unpaired) electrons. The molecule has 1 saturated carbocycles. The van der Waals surface area contributed by atoms with Gasteiger partial charge in [-0.05, 0) is 54.6 Å². The largest absolute Gasteiger partial charge is 0.497 e. The normalized spacial score (nSPS) is 14.6. The average Bonchev–Trinajstić information content (AvgIpc) is 3.52. The van der Waals surface area contributed by atoms with Crippen LogP contribution in [0.2, 0.25) is 5.02 Å². The number of hydrogen-bond acceptors (Lipinski definition) is 4. The third kappa shape index (κ3) is 5.57. The molecule has 1 fully saturated rings. The second-order valence-corrected chi connectivity index (χ2v) is 9.57. The third-order valence-electron chi connectivity index (χ3n) is 5.93. The Morgan fingerprint density at radius 1 is 1.09 bits per heavy atom. The highest BCUT2D eigenvalue weighted by molar-refractivity contribution is 7.10. The lowest BCUT2D eigenvalue weighted by Crippen LogP contribution is -2.47. The van der Waals surface area contributed by atoms with Gasteiger partial charge in [0.25, 0.3) is 0 Å². The molecule has 172 valence electrons. The van der Waals surface area contributed by atoms with Crippen molar-refractivity contribution < 1.29 is 14.3 Å². The number of carbonyl (C=O) groups excluding carboxylic acids is 2. The molecule has 1 heterocycles. The van der Waals surface area contributed by atoms with E-state index in [-0.39, 0.29) is 24.3 Å². The Kier molecular flexibility index (Phi) is 7.68. The van der Waals surface area contributed by atoms with E-state index < -0.39 is 6.04 Å². The van der Waals surface area contributed by atoms with E-state index in [4.69, 9.17) is 16.3 Å². The summed E-state index contributed by atoms with van der Waals surface area (Å²) in [6.07, 6.45) is 4.29. The van der Waals surface area contributed by atoms with Crippen molar-refractivity contribution >= 4 is 40.4 Å². The van der Waals surface area contributed by atoms with E-state index in [1.165, 1.54) is 11.3 Å². The summed E-state index contributed by atoms with van der Waals surface area (Å²) >= 11 is 8.09. The van der Waals surface area contributed by atoms with Crippen LogP contribution in [-0.2, 0) is 16.0 Å². The van der Waals surface area contributed by atoms with Crippen molar-refractivity contribution in [1.82, 2.24) is 5.32 Å². The molecule has 0 saturated heterocycles. The molecule has 2 amide bonds. The van der Waals surface area contributed by atoms with E-state index >= 15 is 0 Å². The Morgan fingerprint density at radius 3 is 2.45 bits per heavy atom. The summed E-state index contributed by atoms with van der Waals surface area (Å²) in [5.41, 5.74) is 1.22. The Balaban J connectivity index is 1.77. The van der Waals surface area contributed by atoms with Crippen LogP contribution in [0.1, 0.15) is 42.2 Å². The highest BCUT2D eigenvalue weighted by Crippen LogP contribution is 2.34. The monoisotopic (exact) mass is 482 g/mol. The fourth-order valence-electron chi connectivity index (χ4n) is 4.27. The molecule has 0 aliphatic heterocycles. The molecular weight excluding hydrogens is 456 g/mol. The van der Waals surface area contributed by atoms with Crippen LogP contribution in [0, 0.1) is 0 Å². The lowest BCUT2D eigenvalue weighted by atomic mass is 10.0. The first-order valence-corrected chi connectivity index (χ1v) is 12.4. The molecule has 0 unspecified atom stereocenters. The molecule has 1 N–H and O–H groups in total. The maximum absolute atomic E-state index is 13.7. The highest BCUT2D eigenvalue weighted by Gasteiger charge is 2.35. The quantitative estimate of drug-likeness (QED) is 0.442. The number of benzene rings is 2. The summed E-state index contributed by atoms with van der Waals surface area (Å²) in [6, 6.07) is 17.5. The number of anilines is 1. The minimum absolute atomic E-state index is 0.118. The van der Waals surface area contributed by atoms with Gasteiger partial charge in [-0.25, -0.2) is 0 Å². The topological polar surface area (TPSA) is 58.6 Å². The third-order valence-corrected chi connectivity index (χ3v) is 7.15. The number of hydrogen-bond donors (Lipinski definition) is 1. The van der Waals surface area contributed by atoms with Gasteiger partial charge in [0, 0.05) is 27.2 Å². The molecule has 0 bridgehead atoms. The smallest absolute Gasteiger partial charge is 0.248 e. The number of thiophene rings is 1. The molecule has 0 spiro atoms. The first-order chi connectivity index (χ1) is 16.1. The van der Waals surface area contributed by atoms with Gasteiger partial charge >= 0.3 is 0 Å². The number of methoxy groups -OCH3 is 1. The maximum Gasteiger partial charge on any atom is 0.248 e. The predicted octanol–water partition coefficient (Wildman–Crippen LogP) is 5.79. The van der Waals surface area contributed by atoms with E-state index in [0.29, 0.717) is 22.0 Å². The SMILES string of the molecule is COc1ccc(N(C(=O)Cc2cccs2)[C@@H](C(=O)NC2CCCC2)c2ccccc2Cl)cc1. The molecule has 1 aromatic heterocycles. The van der Waals surface area contributed by atoms with E-state index in [1.807, 2.05) is 35.7 Å². The summed E-state index contributed by atoms with van der Waals surface area (Å²) in [5, 5.41) is 5.57. The fourth-order valence-corrected chi connectivity index (χ4v) is 5.21. The Hall–Kier alpha value is -2.83. The van der Waals surface area contributed by atoms with Gasteiger partial charge in [-0.2, -0.15) is 0 Å². The number of nitrogens with zero attached hydrogens (tertiary/aromatic N) is 1. The summed E-state index contributed by atoms with van der Waals surface area (Å²) in [6.45, 7) is 0. The first-order valence-electron chi connectivity index (χ1n) is 11.1. The van der Waals surface area contributed by atoms with Crippen molar-refractivity contribution in [2.24, 2.45) is 0 Å². The van der Waals surface area contributed by atoms with Crippen molar-refractivity contribution in [3.05, 3.63) is 81.5 Å². The number of rotatable bonds is 8. The molecule has 2 aromatic carbocycles. The first kappa shape index (κ1) is 23.3. The Labute approximate surface area is 203 Å². The van der Waals surface area contributed by atoms with Gasteiger partial charge in [-0.1, -0.05) is 48.7 Å². The van der Waals surface area contributed by atoms with Crippen molar-refractivity contribution in [3.8, 4) is 5.75 Å². The predicted molar refractivity (Wildman–Crippen MR) is 133 cm³/mol. The Bertz CT molecular complexity index is 1080. The molecule has 1 aliphatic rings. The van der Waals surface area contributed by atoms with Crippen molar-refractivity contribution in [2.75, 3.05) is 12.0 Å². The molecular formula is C26H27ClN2O3S. The van der Waals surface area contributed by atoms with Gasteiger partial charge in [0.05, 0.1) is 13.5 Å². The van der Waals surface area contributed by atoms with E-state index in [1.54, 1.807) is 42.3 Å². The van der Waals surface area contributed by atoms with Crippen molar-refractivity contribution in [3.63, 3.8) is 0 Å². The zero-order valence-electron chi connectivity index (χ0n) is 18.5. The van der Waals surface area contributed by atoms with E-state index in [2.05, 4.69) is 5.32 Å². The van der Waals surface area contributed by atoms with Crippen LogP contribution in [0.15, 0.2) is 66.0 Å². The van der Waals surface area contributed by atoms with Gasteiger partial charge in [0.2, 0.25) is 11.8 Å². The molecule has 33 heavy (non-hydrogen) atoms. The van der Waals surface area contributed by atoms with Crippen LogP contribution in [0.3, 0.4) is 0 Å². The van der Waals surface area contributed by atoms with Crippen LogP contribution in [0.5, 0.6) is 5.75 Å². The number of halogens is 1. The zero-order valence-corrected chi connectivity index (χ0v) is 20.1. The van der Waals surface area contributed by atoms with Gasteiger partial charge in [0.15, 0.2) is 0 Å². The average molecular weight is 483 g/mol. The molecule has 7 heteroatoms. The van der Waals surface area contributed by atoms with Crippen LogP contribution < -0.4 is 15.0 Å². The fraction of sp³-hybridized carbons (Fsp3) is 0.308. The lowest BCUT2D eigenvalue weighted by Gasteiger charge is -2.33. The number of amides is 2. The summed E-state index contributed by atoms with van der Waals surface area (Å²) in [4.78, 5) is 29.9. The molecule has 4 rings (SSSR count). The second-order valence-electron chi connectivity index (χ2n) is 8.13. The van der Waals surface area contributed by atoms with Gasteiger partial charge < -0.3 is 10.1 Å². The van der Waals surface area contributed by atoms with Crippen molar-refractivity contribution in [2.45, 2.75) is 44.2 Å². The number of nitrogens with one attached hydrogen (secondary N) is 1. The maximum atomic E-state index is 13.7. The number of ether oxygens (including phenoxy) is 1. The zero-order chi connectivity index (χ0) is 23.2.